The summed E-state index contributed by atoms with van der Waals surface area (Å²) in [5, 5.41) is 3.37. The number of anilines is 1. The topological polar surface area (TPSA) is 102 Å². The third-order valence-electron chi connectivity index (χ3n) is 4.47. The van der Waals surface area contributed by atoms with Gasteiger partial charge in [-0.25, -0.2) is 9.97 Å². The Labute approximate surface area is 171 Å². The fraction of sp³-hybridized carbons (Fsp3) is 0.0476. The number of amides is 2. The lowest BCUT2D eigenvalue weighted by Crippen LogP contribution is -2.17. The summed E-state index contributed by atoms with van der Waals surface area (Å²) in [4.78, 5) is 33.3. The van der Waals surface area contributed by atoms with E-state index in [1.165, 1.54) is 10.7 Å². The number of aromatic nitrogens is 3. The molecule has 0 fully saturated rings. The minimum atomic E-state index is -0.720. The maximum Gasteiger partial charge on any atom is 0.272 e. The fourth-order valence-corrected chi connectivity index (χ4v) is 3.12. The molecule has 0 bridgehead atoms. The minimum Gasteiger partial charge on any atom is -0.364 e. The fourth-order valence-electron chi connectivity index (χ4n) is 2.94. The van der Waals surface area contributed by atoms with Crippen LogP contribution in [-0.4, -0.2) is 26.2 Å². The van der Waals surface area contributed by atoms with Crippen LogP contribution >= 0.6 is 11.6 Å². The van der Waals surface area contributed by atoms with Crippen LogP contribution in [0.1, 0.15) is 26.5 Å². The van der Waals surface area contributed by atoms with E-state index < -0.39 is 11.8 Å². The number of imidazole rings is 1. The summed E-state index contributed by atoms with van der Waals surface area (Å²) in [5.74, 6) is -1.12. The molecule has 29 heavy (non-hydrogen) atoms. The van der Waals surface area contributed by atoms with E-state index in [0.29, 0.717) is 16.4 Å². The molecule has 0 saturated carbocycles. The molecule has 0 spiro atoms. The van der Waals surface area contributed by atoms with Crippen molar-refractivity contribution in [1.29, 1.82) is 0 Å². The second kappa shape index (κ2) is 7.37. The molecule has 0 unspecified atom stereocenters. The highest BCUT2D eigenvalue weighted by molar-refractivity contribution is 6.31. The molecule has 2 heterocycles. The predicted molar refractivity (Wildman–Crippen MR) is 111 cm³/mol. The maximum atomic E-state index is 13.0. The molecule has 0 aliphatic rings. The zero-order valence-electron chi connectivity index (χ0n) is 15.4. The quantitative estimate of drug-likeness (QED) is 0.540. The third-order valence-corrected chi connectivity index (χ3v) is 4.87. The number of nitrogens with two attached hydrogens (primary N) is 1. The smallest absolute Gasteiger partial charge is 0.272 e. The highest BCUT2D eigenvalue weighted by atomic mass is 35.5. The van der Waals surface area contributed by atoms with Gasteiger partial charge in [0, 0.05) is 16.3 Å². The number of hydrogen-bond acceptors (Lipinski definition) is 4. The number of rotatable bonds is 4. The number of carbonyl (C=O) groups is 2. The maximum absolute atomic E-state index is 13.0. The van der Waals surface area contributed by atoms with Crippen molar-refractivity contribution in [2.24, 2.45) is 5.73 Å². The standard InChI is InChI=1S/C21H16ClN5O2/c1-12-7-8-14(9-15(12)22)25-21(29)17-10-16(13-5-3-2-4-6-13)26-20-18(19(23)28)24-11-27(17)20/h2-11H,1H3,(H2,23,28)(H,25,29). The zero-order valence-corrected chi connectivity index (χ0v) is 16.1. The van der Waals surface area contributed by atoms with Crippen molar-refractivity contribution in [2.45, 2.75) is 6.92 Å². The van der Waals surface area contributed by atoms with Gasteiger partial charge in [-0.3, -0.25) is 14.0 Å². The average Bonchev–Trinajstić information content (AvgIpc) is 3.15. The molecule has 4 rings (SSSR count). The number of hydrogen-bond donors (Lipinski definition) is 2. The van der Waals surface area contributed by atoms with Crippen LogP contribution in [0.25, 0.3) is 16.9 Å². The highest BCUT2D eigenvalue weighted by Gasteiger charge is 2.19. The van der Waals surface area contributed by atoms with Crippen LogP contribution in [0.15, 0.2) is 60.9 Å². The minimum absolute atomic E-state index is 0.00443. The van der Waals surface area contributed by atoms with E-state index in [-0.39, 0.29) is 17.0 Å². The lowest BCUT2D eigenvalue weighted by Gasteiger charge is -2.11. The lowest BCUT2D eigenvalue weighted by molar-refractivity contribution is 0.0993. The van der Waals surface area contributed by atoms with Gasteiger partial charge >= 0.3 is 0 Å². The molecule has 0 atom stereocenters. The van der Waals surface area contributed by atoms with Crippen molar-refractivity contribution in [3.05, 3.63) is 82.9 Å². The Hall–Kier alpha value is -3.71. The molecule has 0 aliphatic carbocycles. The van der Waals surface area contributed by atoms with Gasteiger partial charge in [-0.15, -0.1) is 0 Å². The van der Waals surface area contributed by atoms with Gasteiger partial charge in [0.25, 0.3) is 11.8 Å². The molecular formula is C21H16ClN5O2. The SMILES string of the molecule is Cc1ccc(NC(=O)c2cc(-c3ccccc3)nc3c(C(N)=O)ncn23)cc1Cl. The molecule has 2 aromatic carbocycles. The first kappa shape index (κ1) is 18.6. The molecule has 3 N–H and O–H groups in total. The van der Waals surface area contributed by atoms with Gasteiger partial charge in [-0.1, -0.05) is 48.0 Å². The number of carbonyl (C=O) groups excluding carboxylic acids is 2. The van der Waals surface area contributed by atoms with Crippen molar-refractivity contribution in [3.63, 3.8) is 0 Å². The second-order valence-corrected chi connectivity index (χ2v) is 6.87. The molecule has 7 nitrogen and oxygen atoms in total. The van der Waals surface area contributed by atoms with Gasteiger partial charge in [0.2, 0.25) is 0 Å². The van der Waals surface area contributed by atoms with Crippen molar-refractivity contribution in [2.75, 3.05) is 5.32 Å². The molecule has 4 aromatic rings. The van der Waals surface area contributed by atoms with Crippen LogP contribution in [0.4, 0.5) is 5.69 Å². The lowest BCUT2D eigenvalue weighted by atomic mass is 10.1. The number of fused-ring (bicyclic) bond motifs is 1. The first-order valence-electron chi connectivity index (χ1n) is 8.75. The first-order valence-corrected chi connectivity index (χ1v) is 9.12. The molecular weight excluding hydrogens is 390 g/mol. The Morgan fingerprint density at radius 1 is 1.10 bits per heavy atom. The van der Waals surface area contributed by atoms with Crippen molar-refractivity contribution in [1.82, 2.24) is 14.4 Å². The summed E-state index contributed by atoms with van der Waals surface area (Å²) in [5.41, 5.74) is 8.65. The monoisotopic (exact) mass is 405 g/mol. The number of benzene rings is 2. The average molecular weight is 406 g/mol. The predicted octanol–water partition coefficient (Wildman–Crippen LogP) is 3.71. The summed E-state index contributed by atoms with van der Waals surface area (Å²) < 4.78 is 1.44. The van der Waals surface area contributed by atoms with Gasteiger partial charge in [-0.05, 0) is 30.7 Å². The van der Waals surface area contributed by atoms with E-state index in [9.17, 15) is 9.59 Å². The molecule has 144 valence electrons. The van der Waals surface area contributed by atoms with Gasteiger partial charge in [0.1, 0.15) is 12.0 Å². The Balaban J connectivity index is 1.84. The van der Waals surface area contributed by atoms with Crippen molar-refractivity contribution >= 4 is 34.7 Å². The van der Waals surface area contributed by atoms with Crippen LogP contribution in [0.3, 0.4) is 0 Å². The van der Waals surface area contributed by atoms with Crippen LogP contribution in [0.5, 0.6) is 0 Å². The Morgan fingerprint density at radius 3 is 2.55 bits per heavy atom. The van der Waals surface area contributed by atoms with Crippen LogP contribution in [-0.2, 0) is 0 Å². The van der Waals surface area contributed by atoms with Gasteiger partial charge in [0.05, 0.1) is 5.69 Å². The van der Waals surface area contributed by atoms with Crippen LogP contribution in [0, 0.1) is 6.92 Å². The first-order chi connectivity index (χ1) is 13.9. The zero-order chi connectivity index (χ0) is 20.5. The Bertz CT molecular complexity index is 1250. The van der Waals surface area contributed by atoms with Crippen LogP contribution < -0.4 is 11.1 Å². The van der Waals surface area contributed by atoms with Crippen LogP contribution in [0.2, 0.25) is 5.02 Å². The number of primary amides is 1. The number of halogens is 1. The van der Waals surface area contributed by atoms with E-state index in [0.717, 1.165) is 11.1 Å². The summed E-state index contributed by atoms with van der Waals surface area (Å²) in [6.07, 6.45) is 1.36. The van der Waals surface area contributed by atoms with E-state index in [1.807, 2.05) is 43.3 Å². The van der Waals surface area contributed by atoms with E-state index >= 15 is 0 Å². The Morgan fingerprint density at radius 2 is 1.86 bits per heavy atom. The molecule has 2 aromatic heterocycles. The molecule has 2 amide bonds. The summed E-state index contributed by atoms with van der Waals surface area (Å²) >= 11 is 6.15. The van der Waals surface area contributed by atoms with Crippen molar-refractivity contribution in [3.8, 4) is 11.3 Å². The van der Waals surface area contributed by atoms with E-state index in [2.05, 4.69) is 15.3 Å². The third kappa shape index (κ3) is 3.55. The summed E-state index contributed by atoms with van der Waals surface area (Å²) in [6.45, 7) is 1.88. The molecule has 8 heteroatoms. The molecule has 0 aliphatic heterocycles. The summed E-state index contributed by atoms with van der Waals surface area (Å²) in [6, 6.07) is 16.2. The number of aryl methyl sites for hydroxylation is 1. The molecule has 0 saturated heterocycles. The number of nitrogens with zero attached hydrogens (tertiary/aromatic N) is 3. The van der Waals surface area contributed by atoms with Gasteiger partial charge < -0.3 is 11.1 Å². The largest absolute Gasteiger partial charge is 0.364 e. The van der Waals surface area contributed by atoms with Crippen molar-refractivity contribution < 1.29 is 9.59 Å². The second-order valence-electron chi connectivity index (χ2n) is 6.46. The van der Waals surface area contributed by atoms with E-state index in [4.69, 9.17) is 17.3 Å². The molecule has 0 radical (unpaired) electrons. The Kier molecular flexibility index (Phi) is 4.74. The van der Waals surface area contributed by atoms with E-state index in [1.54, 1.807) is 18.2 Å². The van der Waals surface area contributed by atoms with Gasteiger partial charge in [-0.2, -0.15) is 0 Å². The van der Waals surface area contributed by atoms with Gasteiger partial charge in [0.15, 0.2) is 11.3 Å². The normalized spacial score (nSPS) is 10.8. The summed E-state index contributed by atoms with van der Waals surface area (Å²) in [7, 11) is 0. The number of nitrogens with one attached hydrogen (secondary N) is 1. The highest BCUT2D eigenvalue weighted by Crippen LogP contribution is 2.23.